The molecule has 4 aromatic heterocycles. The molecule has 5 aromatic carbocycles. The van der Waals surface area contributed by atoms with Gasteiger partial charge in [-0.1, -0.05) is 78.9 Å². The Balaban J connectivity index is 1.41. The van der Waals surface area contributed by atoms with Gasteiger partial charge in [0.2, 0.25) is 5.71 Å². The van der Waals surface area contributed by atoms with Gasteiger partial charge in [0.1, 0.15) is 17.0 Å². The number of hydrogen-bond donors (Lipinski definition) is 0. The van der Waals surface area contributed by atoms with Gasteiger partial charge in [-0.2, -0.15) is 0 Å². The van der Waals surface area contributed by atoms with Crippen LogP contribution in [0.4, 0.5) is 17.2 Å². The lowest BCUT2D eigenvalue weighted by Gasteiger charge is -2.26. The van der Waals surface area contributed by atoms with Crippen molar-refractivity contribution in [3.05, 3.63) is 128 Å². The number of para-hydroxylation sites is 2. The average Bonchev–Trinajstić information content (AvgIpc) is 3.60. The van der Waals surface area contributed by atoms with Crippen LogP contribution in [0.3, 0.4) is 0 Å². The van der Waals surface area contributed by atoms with Crippen LogP contribution in [-0.2, 0) is 0 Å². The molecule has 5 nitrogen and oxygen atoms in total. The molecule has 0 amide bonds. The Bertz CT molecular complexity index is 2450. The van der Waals surface area contributed by atoms with E-state index in [1.807, 2.05) is 42.6 Å². The molecule has 192 valence electrons. The molecule has 0 unspecified atom stereocenters. The Hall–Kier alpha value is -5.68. The fourth-order valence-electron chi connectivity index (χ4n) is 6.12. The number of hydrogen-bond acceptors (Lipinski definition) is 5. The molecular weight excluding hydrogens is 506 g/mol. The molecule has 0 N–H and O–H groups in total. The maximum atomic E-state index is 6.44. The minimum atomic E-state index is 0.610. The van der Waals surface area contributed by atoms with Gasteiger partial charge in [-0.3, -0.25) is 4.90 Å². The highest BCUT2D eigenvalue weighted by Gasteiger charge is 2.23. The summed E-state index contributed by atoms with van der Waals surface area (Å²) in [4.78, 5) is 11.7. The molecule has 0 radical (unpaired) electrons. The van der Waals surface area contributed by atoms with Gasteiger partial charge < -0.3 is 8.83 Å². The van der Waals surface area contributed by atoms with E-state index in [4.69, 9.17) is 13.8 Å². The molecule has 0 saturated heterocycles. The Morgan fingerprint density at radius 3 is 2.17 bits per heavy atom. The zero-order valence-electron chi connectivity index (χ0n) is 21.8. The zero-order valence-corrected chi connectivity index (χ0v) is 21.8. The van der Waals surface area contributed by atoms with E-state index in [0.717, 1.165) is 66.3 Å². The van der Waals surface area contributed by atoms with Crippen molar-refractivity contribution < 1.29 is 8.83 Å². The van der Waals surface area contributed by atoms with E-state index in [-0.39, 0.29) is 0 Å². The molecule has 41 heavy (non-hydrogen) atoms. The van der Waals surface area contributed by atoms with Gasteiger partial charge in [-0.05, 0) is 46.5 Å². The standard InChI is InChI=1S/C36H21N3O2/c1-2-10-23-22(9-1)19-31(25-12-4-3-11-24(23)25)39(30-16-7-14-27-28-15-8-18-37-36(28)41-35(27)30)34-20-33-29(21-38-34)26-13-5-6-17-32(26)40-33/h1-21H. The normalized spacial score (nSPS) is 11.9. The number of aromatic nitrogens is 2. The minimum absolute atomic E-state index is 0.610. The van der Waals surface area contributed by atoms with Gasteiger partial charge in [0.15, 0.2) is 5.58 Å². The molecule has 0 saturated carbocycles. The SMILES string of the molecule is c1ccc2c(c1)cc(N(c1cc3oc4ccccc4c3cn1)c1cccc3c1oc1ncccc13)c1ccccc12. The van der Waals surface area contributed by atoms with Crippen LogP contribution in [0, 0.1) is 0 Å². The third-order valence-corrected chi connectivity index (χ3v) is 7.96. The summed E-state index contributed by atoms with van der Waals surface area (Å²) in [6.45, 7) is 0. The van der Waals surface area contributed by atoms with Crippen molar-refractivity contribution in [1.82, 2.24) is 9.97 Å². The molecular formula is C36H21N3O2. The van der Waals surface area contributed by atoms with Crippen LogP contribution in [0.1, 0.15) is 0 Å². The van der Waals surface area contributed by atoms with Crippen LogP contribution in [-0.4, -0.2) is 9.97 Å². The quantitative estimate of drug-likeness (QED) is 0.214. The summed E-state index contributed by atoms with van der Waals surface area (Å²) in [5.41, 5.74) is 4.87. The van der Waals surface area contributed by atoms with Crippen molar-refractivity contribution in [2.24, 2.45) is 0 Å². The van der Waals surface area contributed by atoms with E-state index in [2.05, 4.69) is 88.7 Å². The number of furan rings is 2. The fourth-order valence-corrected chi connectivity index (χ4v) is 6.12. The molecule has 0 bridgehead atoms. The second-order valence-corrected chi connectivity index (χ2v) is 10.2. The van der Waals surface area contributed by atoms with Gasteiger partial charge in [0.05, 0.1) is 11.4 Å². The smallest absolute Gasteiger partial charge is 0.227 e. The van der Waals surface area contributed by atoms with E-state index >= 15 is 0 Å². The Kier molecular flexibility index (Phi) is 4.55. The lowest BCUT2D eigenvalue weighted by Crippen LogP contribution is -2.12. The zero-order chi connectivity index (χ0) is 26.9. The fraction of sp³-hybridized carbons (Fsp3) is 0. The van der Waals surface area contributed by atoms with Gasteiger partial charge >= 0.3 is 0 Å². The molecule has 0 aliphatic heterocycles. The van der Waals surface area contributed by atoms with E-state index in [1.165, 1.54) is 10.8 Å². The van der Waals surface area contributed by atoms with Crippen LogP contribution in [0.25, 0.3) is 65.6 Å². The molecule has 9 rings (SSSR count). The summed E-state index contributed by atoms with van der Waals surface area (Å²) in [6.07, 6.45) is 3.67. The van der Waals surface area contributed by atoms with E-state index < -0.39 is 0 Å². The molecule has 0 spiro atoms. The van der Waals surface area contributed by atoms with Crippen molar-refractivity contribution in [3.8, 4) is 0 Å². The highest BCUT2D eigenvalue weighted by molar-refractivity contribution is 6.16. The summed E-state index contributed by atoms with van der Waals surface area (Å²) in [5, 5.41) is 8.67. The van der Waals surface area contributed by atoms with Crippen LogP contribution in [0.5, 0.6) is 0 Å². The number of pyridine rings is 2. The Labute approximate surface area is 233 Å². The van der Waals surface area contributed by atoms with Gasteiger partial charge in [0.25, 0.3) is 0 Å². The van der Waals surface area contributed by atoms with Crippen molar-refractivity contribution in [2.45, 2.75) is 0 Å². The average molecular weight is 528 g/mol. The molecule has 9 aromatic rings. The first-order valence-electron chi connectivity index (χ1n) is 13.6. The van der Waals surface area contributed by atoms with Crippen molar-refractivity contribution in [1.29, 1.82) is 0 Å². The van der Waals surface area contributed by atoms with E-state index in [0.29, 0.717) is 5.71 Å². The predicted octanol–water partition coefficient (Wildman–Crippen LogP) is 10.1. The van der Waals surface area contributed by atoms with E-state index in [9.17, 15) is 0 Å². The first-order chi connectivity index (χ1) is 20.3. The summed E-state index contributed by atoms with van der Waals surface area (Å²) in [5.74, 6) is 0.734. The Morgan fingerprint density at radius 2 is 1.24 bits per heavy atom. The van der Waals surface area contributed by atoms with Gasteiger partial charge in [-0.15, -0.1) is 0 Å². The number of nitrogens with zero attached hydrogens (tertiary/aromatic N) is 3. The molecule has 5 heteroatoms. The van der Waals surface area contributed by atoms with Crippen molar-refractivity contribution in [3.63, 3.8) is 0 Å². The highest BCUT2D eigenvalue weighted by Crippen LogP contribution is 2.45. The molecule has 0 aliphatic rings. The van der Waals surface area contributed by atoms with Crippen molar-refractivity contribution >= 4 is 82.7 Å². The predicted molar refractivity (Wildman–Crippen MR) is 166 cm³/mol. The van der Waals surface area contributed by atoms with Gasteiger partial charge in [0, 0.05) is 45.4 Å². The first-order valence-corrected chi connectivity index (χ1v) is 13.6. The van der Waals surface area contributed by atoms with Crippen LogP contribution in [0.15, 0.2) is 136 Å². The lowest BCUT2D eigenvalue weighted by molar-refractivity contribution is 0.654. The van der Waals surface area contributed by atoms with E-state index in [1.54, 1.807) is 6.20 Å². The Morgan fingerprint density at radius 1 is 0.488 bits per heavy atom. The second-order valence-electron chi connectivity index (χ2n) is 10.2. The molecule has 4 heterocycles. The summed E-state index contributed by atoms with van der Waals surface area (Å²) in [6, 6.07) is 39.6. The van der Waals surface area contributed by atoms with Crippen LogP contribution in [0.2, 0.25) is 0 Å². The number of anilines is 3. The lowest BCUT2D eigenvalue weighted by atomic mass is 9.99. The number of fused-ring (bicyclic) bond motifs is 9. The van der Waals surface area contributed by atoms with Gasteiger partial charge in [-0.25, -0.2) is 9.97 Å². The van der Waals surface area contributed by atoms with Crippen LogP contribution >= 0.6 is 0 Å². The first kappa shape index (κ1) is 22.2. The minimum Gasteiger partial charge on any atom is -0.456 e. The largest absolute Gasteiger partial charge is 0.456 e. The third kappa shape index (κ3) is 3.23. The maximum absolute atomic E-state index is 6.44. The summed E-state index contributed by atoms with van der Waals surface area (Å²) < 4.78 is 12.7. The number of rotatable bonds is 3. The topological polar surface area (TPSA) is 55.3 Å². The monoisotopic (exact) mass is 527 g/mol. The van der Waals surface area contributed by atoms with Crippen LogP contribution < -0.4 is 4.90 Å². The summed E-state index contributed by atoms with van der Waals surface area (Å²) in [7, 11) is 0. The molecule has 0 atom stereocenters. The highest BCUT2D eigenvalue weighted by atomic mass is 16.3. The molecule has 0 aliphatic carbocycles. The molecule has 0 fully saturated rings. The second kappa shape index (κ2) is 8.41. The third-order valence-electron chi connectivity index (χ3n) is 7.96. The summed E-state index contributed by atoms with van der Waals surface area (Å²) >= 11 is 0. The maximum Gasteiger partial charge on any atom is 0.227 e. The number of benzene rings is 5. The van der Waals surface area contributed by atoms with Crippen molar-refractivity contribution in [2.75, 3.05) is 4.90 Å².